The van der Waals surface area contributed by atoms with Crippen LogP contribution in [0.3, 0.4) is 0 Å². The zero-order chi connectivity index (χ0) is 17.2. The molecule has 0 saturated carbocycles. The lowest BCUT2D eigenvalue weighted by molar-refractivity contribution is -0.137. The summed E-state index contributed by atoms with van der Waals surface area (Å²) in [5.74, 6) is -1.43. The Morgan fingerprint density at radius 1 is 1.13 bits per heavy atom. The van der Waals surface area contributed by atoms with Crippen LogP contribution >= 0.6 is 11.6 Å². The summed E-state index contributed by atoms with van der Waals surface area (Å²) in [5, 5.41) is 2.73. The van der Waals surface area contributed by atoms with E-state index in [0.29, 0.717) is 5.56 Å². The van der Waals surface area contributed by atoms with Crippen LogP contribution in [0, 0.1) is 5.82 Å². The minimum absolute atomic E-state index is 0.207. The fraction of sp³-hybridized carbons (Fsp3) is 0.188. The van der Waals surface area contributed by atoms with E-state index >= 15 is 0 Å². The van der Waals surface area contributed by atoms with Crippen LogP contribution in [0.15, 0.2) is 42.5 Å². The van der Waals surface area contributed by atoms with Gasteiger partial charge in [-0.15, -0.1) is 0 Å². The number of rotatable bonds is 3. The van der Waals surface area contributed by atoms with E-state index in [1.54, 1.807) is 6.92 Å². The Balaban J connectivity index is 2.14. The lowest BCUT2D eigenvalue weighted by Crippen LogP contribution is -2.27. The van der Waals surface area contributed by atoms with Gasteiger partial charge in [0, 0.05) is 5.02 Å². The van der Waals surface area contributed by atoms with E-state index in [0.717, 1.165) is 18.2 Å². The van der Waals surface area contributed by atoms with Gasteiger partial charge in [-0.05, 0) is 42.8 Å². The second-order valence-electron chi connectivity index (χ2n) is 4.94. The average Bonchev–Trinajstić information content (AvgIpc) is 2.48. The minimum atomic E-state index is -4.42. The summed E-state index contributed by atoms with van der Waals surface area (Å²) >= 11 is 5.72. The Kier molecular flexibility index (Phi) is 4.94. The van der Waals surface area contributed by atoms with Gasteiger partial charge in [0.05, 0.1) is 17.2 Å². The number of hydrogen-bond acceptors (Lipinski definition) is 1. The fourth-order valence-corrected chi connectivity index (χ4v) is 2.16. The highest BCUT2D eigenvalue weighted by atomic mass is 35.5. The number of carbonyl (C=O) groups excluding carboxylic acids is 1. The maximum atomic E-state index is 13.6. The quantitative estimate of drug-likeness (QED) is 0.780. The van der Waals surface area contributed by atoms with Crippen LogP contribution < -0.4 is 5.32 Å². The normalized spacial score (nSPS) is 12.8. The van der Waals surface area contributed by atoms with Crippen molar-refractivity contribution in [3.8, 4) is 0 Å². The van der Waals surface area contributed by atoms with Crippen LogP contribution in [0.4, 0.5) is 17.6 Å². The van der Waals surface area contributed by atoms with Gasteiger partial charge in [0.25, 0.3) is 5.91 Å². The van der Waals surface area contributed by atoms with Crippen molar-refractivity contribution < 1.29 is 22.4 Å². The van der Waals surface area contributed by atoms with E-state index in [1.165, 1.54) is 24.3 Å². The zero-order valence-electron chi connectivity index (χ0n) is 11.9. The first-order chi connectivity index (χ1) is 10.7. The molecular formula is C16H12ClF4NO. The Hall–Kier alpha value is -2.08. The Labute approximate surface area is 135 Å². The van der Waals surface area contributed by atoms with Crippen LogP contribution in [0.5, 0.6) is 0 Å². The molecule has 0 aliphatic rings. The molecule has 2 aromatic carbocycles. The molecule has 122 valence electrons. The Morgan fingerprint density at radius 2 is 1.74 bits per heavy atom. The maximum Gasteiger partial charge on any atom is 0.416 e. The molecule has 0 heterocycles. The monoisotopic (exact) mass is 345 g/mol. The van der Waals surface area contributed by atoms with Gasteiger partial charge >= 0.3 is 6.18 Å². The summed E-state index contributed by atoms with van der Waals surface area (Å²) in [7, 11) is 0. The van der Waals surface area contributed by atoms with Gasteiger partial charge < -0.3 is 5.32 Å². The van der Waals surface area contributed by atoms with Crippen LogP contribution in [0.2, 0.25) is 5.02 Å². The van der Waals surface area contributed by atoms with Crippen LogP contribution in [0.1, 0.15) is 34.5 Å². The first kappa shape index (κ1) is 17.3. The molecule has 0 aromatic heterocycles. The van der Waals surface area contributed by atoms with Crippen molar-refractivity contribution >= 4 is 17.5 Å². The summed E-state index contributed by atoms with van der Waals surface area (Å²) in [6.07, 6.45) is -4.42. The SMILES string of the molecule is CC(NC(=O)c1cc(Cl)ccc1F)c1ccc(C(F)(F)F)cc1. The number of amides is 1. The van der Waals surface area contributed by atoms with Gasteiger partial charge in [-0.25, -0.2) is 4.39 Å². The van der Waals surface area contributed by atoms with Crippen molar-refractivity contribution in [1.29, 1.82) is 0 Å². The van der Waals surface area contributed by atoms with Crippen LogP contribution in [-0.2, 0) is 6.18 Å². The van der Waals surface area contributed by atoms with Crippen molar-refractivity contribution in [2.45, 2.75) is 19.1 Å². The Morgan fingerprint density at radius 3 is 2.30 bits per heavy atom. The predicted octanol–water partition coefficient (Wildman–Crippen LogP) is 4.99. The van der Waals surface area contributed by atoms with Gasteiger partial charge in [-0.1, -0.05) is 23.7 Å². The van der Waals surface area contributed by atoms with Gasteiger partial charge in [0.15, 0.2) is 0 Å². The summed E-state index contributed by atoms with van der Waals surface area (Å²) in [6.45, 7) is 1.59. The summed E-state index contributed by atoms with van der Waals surface area (Å²) in [5.41, 5.74) is -0.536. The van der Waals surface area contributed by atoms with E-state index in [2.05, 4.69) is 5.32 Å². The third-order valence-electron chi connectivity index (χ3n) is 3.26. The zero-order valence-corrected chi connectivity index (χ0v) is 12.7. The Bertz CT molecular complexity index is 713. The van der Waals surface area contributed by atoms with Crippen LogP contribution in [-0.4, -0.2) is 5.91 Å². The molecule has 0 radical (unpaired) electrons. The van der Waals surface area contributed by atoms with Crippen molar-refractivity contribution in [3.63, 3.8) is 0 Å². The first-order valence-electron chi connectivity index (χ1n) is 6.61. The molecule has 0 bridgehead atoms. The van der Waals surface area contributed by atoms with E-state index < -0.39 is 29.5 Å². The largest absolute Gasteiger partial charge is 0.416 e. The molecule has 23 heavy (non-hydrogen) atoms. The second kappa shape index (κ2) is 6.58. The highest BCUT2D eigenvalue weighted by Gasteiger charge is 2.30. The maximum absolute atomic E-state index is 13.6. The highest BCUT2D eigenvalue weighted by molar-refractivity contribution is 6.31. The van der Waals surface area contributed by atoms with Gasteiger partial charge in [0.1, 0.15) is 5.82 Å². The molecule has 0 fully saturated rings. The third kappa shape index (κ3) is 4.22. The van der Waals surface area contributed by atoms with Crippen molar-refractivity contribution in [2.24, 2.45) is 0 Å². The number of benzene rings is 2. The number of carbonyl (C=O) groups is 1. The molecule has 0 saturated heterocycles. The lowest BCUT2D eigenvalue weighted by atomic mass is 10.1. The molecule has 0 spiro atoms. The second-order valence-corrected chi connectivity index (χ2v) is 5.38. The number of hydrogen-bond donors (Lipinski definition) is 1. The summed E-state index contributed by atoms with van der Waals surface area (Å²) < 4.78 is 51.1. The molecule has 2 aromatic rings. The average molecular weight is 346 g/mol. The highest BCUT2D eigenvalue weighted by Crippen LogP contribution is 2.30. The van der Waals surface area contributed by atoms with Crippen LogP contribution in [0.25, 0.3) is 0 Å². The molecular weight excluding hydrogens is 334 g/mol. The van der Waals surface area contributed by atoms with Gasteiger partial charge in [-0.3, -0.25) is 4.79 Å². The molecule has 0 aliphatic heterocycles. The molecule has 1 atom stereocenters. The topological polar surface area (TPSA) is 29.1 Å². The van der Waals surface area contributed by atoms with E-state index in [4.69, 9.17) is 11.6 Å². The molecule has 2 nitrogen and oxygen atoms in total. The fourth-order valence-electron chi connectivity index (χ4n) is 1.99. The summed E-state index contributed by atoms with van der Waals surface area (Å²) in [4.78, 5) is 12.0. The molecule has 1 unspecified atom stereocenters. The predicted molar refractivity (Wildman–Crippen MR) is 78.7 cm³/mol. The standard InChI is InChI=1S/C16H12ClF4NO/c1-9(10-2-4-11(5-3-10)16(19,20)21)22-15(23)13-8-12(17)6-7-14(13)18/h2-9H,1H3,(H,22,23). The van der Waals surface area contributed by atoms with Crippen molar-refractivity contribution in [2.75, 3.05) is 0 Å². The van der Waals surface area contributed by atoms with Gasteiger partial charge in [0.2, 0.25) is 0 Å². The number of halogens is 5. The van der Waals surface area contributed by atoms with E-state index in [9.17, 15) is 22.4 Å². The molecule has 0 aliphatic carbocycles. The summed E-state index contributed by atoms with van der Waals surface area (Å²) in [6, 6.07) is 7.36. The lowest BCUT2D eigenvalue weighted by Gasteiger charge is -2.16. The van der Waals surface area contributed by atoms with E-state index in [1.807, 2.05) is 0 Å². The first-order valence-corrected chi connectivity index (χ1v) is 6.99. The molecule has 7 heteroatoms. The van der Waals surface area contributed by atoms with E-state index in [-0.39, 0.29) is 10.6 Å². The number of nitrogens with one attached hydrogen (secondary N) is 1. The van der Waals surface area contributed by atoms with Crippen molar-refractivity contribution in [3.05, 3.63) is 70.0 Å². The minimum Gasteiger partial charge on any atom is -0.345 e. The molecule has 1 N–H and O–H groups in total. The van der Waals surface area contributed by atoms with Crippen molar-refractivity contribution in [1.82, 2.24) is 5.32 Å². The van der Waals surface area contributed by atoms with Gasteiger partial charge in [-0.2, -0.15) is 13.2 Å². The molecule has 1 amide bonds. The third-order valence-corrected chi connectivity index (χ3v) is 3.49. The number of alkyl halides is 3. The smallest absolute Gasteiger partial charge is 0.345 e. The molecule has 2 rings (SSSR count).